The Hall–Kier alpha value is -1.26. The van der Waals surface area contributed by atoms with Gasteiger partial charge in [0, 0.05) is 11.7 Å². The molecule has 104 valence electrons. The molecule has 5 N–H and O–H groups in total. The summed E-state index contributed by atoms with van der Waals surface area (Å²) in [5, 5.41) is 3.84. The molecule has 0 aromatic heterocycles. The summed E-state index contributed by atoms with van der Waals surface area (Å²) in [5.74, 6) is -0.0193. The number of nitrogens with two attached hydrogens (primary N) is 2. The van der Waals surface area contributed by atoms with E-state index in [1.165, 1.54) is 12.8 Å². The number of nitrogens with one attached hydrogen (secondary N) is 1. The fourth-order valence-corrected chi connectivity index (χ4v) is 2.91. The van der Waals surface area contributed by atoms with Gasteiger partial charge in [0.05, 0.1) is 10.6 Å². The first-order chi connectivity index (χ1) is 9.11. The minimum Gasteiger partial charge on any atom is -0.382 e. The quantitative estimate of drug-likeness (QED) is 0.792. The van der Waals surface area contributed by atoms with Gasteiger partial charge in [-0.1, -0.05) is 24.4 Å². The van der Waals surface area contributed by atoms with E-state index in [-0.39, 0.29) is 0 Å². The van der Waals surface area contributed by atoms with Crippen molar-refractivity contribution in [1.29, 1.82) is 0 Å². The van der Waals surface area contributed by atoms with E-state index >= 15 is 0 Å². The third-order valence-corrected chi connectivity index (χ3v) is 4.13. The molecule has 1 fully saturated rings. The van der Waals surface area contributed by atoms with Crippen molar-refractivity contribution in [2.45, 2.75) is 31.7 Å². The monoisotopic (exact) mass is 281 g/mol. The predicted octanol–water partition coefficient (Wildman–Crippen LogP) is 2.37. The van der Waals surface area contributed by atoms with Crippen LogP contribution in [0.1, 0.15) is 36.0 Å². The minimum absolute atomic E-state index is 0.353. The second-order valence-corrected chi connectivity index (χ2v) is 5.50. The molecule has 2 atom stereocenters. The number of hydrogen-bond donors (Lipinski definition) is 3. The zero-order valence-electron chi connectivity index (χ0n) is 10.9. The van der Waals surface area contributed by atoms with Crippen LogP contribution < -0.4 is 16.8 Å². The summed E-state index contributed by atoms with van der Waals surface area (Å²) in [6, 6.07) is 5.65. The van der Waals surface area contributed by atoms with Gasteiger partial charge in [-0.25, -0.2) is 0 Å². The van der Waals surface area contributed by atoms with E-state index in [2.05, 4.69) is 5.32 Å². The zero-order chi connectivity index (χ0) is 13.8. The van der Waals surface area contributed by atoms with Gasteiger partial charge < -0.3 is 16.8 Å². The Balaban J connectivity index is 2.14. The van der Waals surface area contributed by atoms with E-state index in [1.807, 2.05) is 6.07 Å². The Bertz CT molecular complexity index is 464. The lowest BCUT2D eigenvalue weighted by Gasteiger charge is -2.32. The summed E-state index contributed by atoms with van der Waals surface area (Å²) < 4.78 is 0. The smallest absolute Gasteiger partial charge is 0.250 e. The van der Waals surface area contributed by atoms with Crippen molar-refractivity contribution in [2.75, 3.05) is 11.9 Å². The summed E-state index contributed by atoms with van der Waals surface area (Å²) in [4.78, 5) is 11.3. The number of carbonyl (C=O) groups excluding carboxylic acids is 1. The van der Waals surface area contributed by atoms with Crippen LogP contribution in [-0.2, 0) is 0 Å². The Labute approximate surface area is 118 Å². The molecule has 5 heteroatoms. The maximum atomic E-state index is 11.3. The van der Waals surface area contributed by atoms with Gasteiger partial charge >= 0.3 is 0 Å². The van der Waals surface area contributed by atoms with E-state index in [4.69, 9.17) is 23.1 Å². The van der Waals surface area contributed by atoms with Crippen molar-refractivity contribution in [3.8, 4) is 0 Å². The predicted molar refractivity (Wildman–Crippen MR) is 78.4 cm³/mol. The van der Waals surface area contributed by atoms with Gasteiger partial charge in [0.25, 0.3) is 0 Å². The summed E-state index contributed by atoms with van der Waals surface area (Å²) in [6.45, 7) is 0.688. The van der Waals surface area contributed by atoms with Gasteiger partial charge in [0.2, 0.25) is 5.91 Å². The molecule has 19 heavy (non-hydrogen) atoms. The maximum absolute atomic E-state index is 11.3. The van der Waals surface area contributed by atoms with E-state index in [9.17, 15) is 4.79 Å². The first kappa shape index (κ1) is 14.2. The number of carbonyl (C=O) groups is 1. The van der Waals surface area contributed by atoms with Crippen molar-refractivity contribution >= 4 is 23.2 Å². The maximum Gasteiger partial charge on any atom is 0.250 e. The molecule has 1 aliphatic carbocycles. The second-order valence-electron chi connectivity index (χ2n) is 5.09. The van der Waals surface area contributed by atoms with E-state index in [0.717, 1.165) is 18.5 Å². The van der Waals surface area contributed by atoms with Gasteiger partial charge in [-0.05, 0) is 43.5 Å². The van der Waals surface area contributed by atoms with Crippen LogP contribution in [0, 0.1) is 5.92 Å². The van der Waals surface area contributed by atoms with E-state index in [1.54, 1.807) is 12.1 Å². The van der Waals surface area contributed by atoms with Crippen molar-refractivity contribution in [1.82, 2.24) is 0 Å². The fraction of sp³-hybridized carbons (Fsp3) is 0.500. The molecule has 1 aromatic carbocycles. The molecule has 0 spiro atoms. The molecule has 1 aliphatic rings. The summed E-state index contributed by atoms with van der Waals surface area (Å²) in [7, 11) is 0. The lowest BCUT2D eigenvalue weighted by Crippen LogP contribution is -2.36. The molecule has 2 rings (SSSR count). The van der Waals surface area contributed by atoms with Crippen LogP contribution in [0.15, 0.2) is 18.2 Å². The highest BCUT2D eigenvalue weighted by Gasteiger charge is 2.23. The Morgan fingerprint density at radius 3 is 2.79 bits per heavy atom. The van der Waals surface area contributed by atoms with Crippen LogP contribution in [0.5, 0.6) is 0 Å². The van der Waals surface area contributed by atoms with Crippen molar-refractivity contribution in [2.24, 2.45) is 17.4 Å². The molecule has 0 saturated heterocycles. The fourth-order valence-electron chi connectivity index (χ4n) is 2.70. The average Bonchev–Trinajstić information content (AvgIpc) is 2.41. The van der Waals surface area contributed by atoms with Gasteiger partial charge in [-0.3, -0.25) is 4.79 Å². The van der Waals surface area contributed by atoms with Crippen molar-refractivity contribution in [3.05, 3.63) is 28.8 Å². The summed E-state index contributed by atoms with van der Waals surface area (Å²) in [5.41, 5.74) is 12.3. The minimum atomic E-state index is -0.507. The largest absolute Gasteiger partial charge is 0.382 e. The summed E-state index contributed by atoms with van der Waals surface area (Å²) in [6.07, 6.45) is 4.72. The highest BCUT2D eigenvalue weighted by atomic mass is 35.5. The molecular weight excluding hydrogens is 262 g/mol. The van der Waals surface area contributed by atoms with E-state index < -0.39 is 5.91 Å². The number of primary amides is 1. The standard InChI is InChI=1S/C14H20ClN3O/c15-12-6-5-10(7-11(12)14(17)19)18-13-4-2-1-3-9(13)8-16/h5-7,9,13,18H,1-4,8,16H2,(H2,17,19). The second kappa shape index (κ2) is 6.26. The molecule has 0 aliphatic heterocycles. The van der Waals surface area contributed by atoms with Gasteiger partial charge in [-0.15, -0.1) is 0 Å². The normalized spacial score (nSPS) is 23.1. The van der Waals surface area contributed by atoms with Crippen molar-refractivity contribution in [3.63, 3.8) is 0 Å². The molecule has 0 radical (unpaired) electrons. The van der Waals surface area contributed by atoms with Crippen LogP contribution in [-0.4, -0.2) is 18.5 Å². The molecular formula is C14H20ClN3O. The Morgan fingerprint density at radius 2 is 2.11 bits per heavy atom. The van der Waals surface area contributed by atoms with Crippen LogP contribution >= 0.6 is 11.6 Å². The third-order valence-electron chi connectivity index (χ3n) is 3.80. The molecule has 1 saturated carbocycles. The molecule has 0 heterocycles. The molecule has 1 amide bonds. The summed E-state index contributed by atoms with van der Waals surface area (Å²) >= 11 is 5.94. The van der Waals surface area contributed by atoms with Gasteiger partial charge in [0.1, 0.15) is 0 Å². The molecule has 1 aromatic rings. The number of anilines is 1. The lowest BCUT2D eigenvalue weighted by molar-refractivity contribution is 0.100. The topological polar surface area (TPSA) is 81.1 Å². The Morgan fingerprint density at radius 1 is 1.37 bits per heavy atom. The van der Waals surface area contributed by atoms with E-state index in [0.29, 0.717) is 29.1 Å². The number of halogens is 1. The SMILES string of the molecule is NCC1CCCCC1Nc1ccc(Cl)c(C(N)=O)c1. The molecule has 0 bridgehead atoms. The lowest BCUT2D eigenvalue weighted by atomic mass is 9.84. The highest BCUT2D eigenvalue weighted by Crippen LogP contribution is 2.28. The van der Waals surface area contributed by atoms with Crippen LogP contribution in [0.3, 0.4) is 0 Å². The van der Waals surface area contributed by atoms with Crippen LogP contribution in [0.4, 0.5) is 5.69 Å². The van der Waals surface area contributed by atoms with Crippen LogP contribution in [0.25, 0.3) is 0 Å². The van der Waals surface area contributed by atoms with Crippen molar-refractivity contribution < 1.29 is 4.79 Å². The third kappa shape index (κ3) is 3.39. The number of benzene rings is 1. The number of hydrogen-bond acceptors (Lipinski definition) is 3. The average molecular weight is 282 g/mol. The zero-order valence-corrected chi connectivity index (χ0v) is 11.6. The Kier molecular flexibility index (Phi) is 4.66. The highest BCUT2D eigenvalue weighted by molar-refractivity contribution is 6.33. The number of rotatable bonds is 4. The molecule has 4 nitrogen and oxygen atoms in total. The first-order valence-electron chi connectivity index (χ1n) is 6.67. The molecule has 2 unspecified atom stereocenters. The first-order valence-corrected chi connectivity index (χ1v) is 7.05. The van der Waals surface area contributed by atoms with Gasteiger partial charge in [0.15, 0.2) is 0 Å². The number of amides is 1. The van der Waals surface area contributed by atoms with Gasteiger partial charge in [-0.2, -0.15) is 0 Å². The van der Waals surface area contributed by atoms with Crippen LogP contribution in [0.2, 0.25) is 5.02 Å².